The van der Waals surface area contributed by atoms with Crippen LogP contribution < -0.4 is 5.56 Å². The molecule has 0 radical (unpaired) electrons. The molecule has 0 bridgehead atoms. The number of aromatic nitrogens is 2. The summed E-state index contributed by atoms with van der Waals surface area (Å²) in [6.45, 7) is 7.80. The third-order valence-electron chi connectivity index (χ3n) is 6.30. The molecule has 1 aliphatic carbocycles. The summed E-state index contributed by atoms with van der Waals surface area (Å²) in [6.07, 6.45) is 4.76. The molecule has 1 heterocycles. The molecule has 8 heteroatoms. The topological polar surface area (TPSA) is 120 Å². The summed E-state index contributed by atoms with van der Waals surface area (Å²) in [5.41, 5.74) is 2.47. The Labute approximate surface area is 203 Å². The van der Waals surface area contributed by atoms with Crippen LogP contribution in [-0.4, -0.2) is 31.5 Å². The SMILES string of the molecule is Cc1ccc(-n2[nH]c(C(C)C)c(N=NC3(C(=O)O)C=CC=C(c4ccccc4O)C3)c2=O)cc1C. The molecule has 8 nitrogen and oxygen atoms in total. The number of rotatable bonds is 6. The van der Waals surface area contributed by atoms with E-state index in [1.165, 1.54) is 10.8 Å². The van der Waals surface area contributed by atoms with Gasteiger partial charge in [-0.2, -0.15) is 5.11 Å². The molecular formula is C27H28N4O4. The number of aliphatic carboxylic acids is 1. The number of azo groups is 1. The molecule has 1 unspecified atom stereocenters. The van der Waals surface area contributed by atoms with Gasteiger partial charge in [0.15, 0.2) is 5.69 Å². The largest absolute Gasteiger partial charge is 0.507 e. The third kappa shape index (κ3) is 4.47. The number of carboxylic acid groups (broad SMARTS) is 1. The fraction of sp³-hybridized carbons (Fsp3) is 0.259. The van der Waals surface area contributed by atoms with Gasteiger partial charge in [-0.15, -0.1) is 5.11 Å². The van der Waals surface area contributed by atoms with Gasteiger partial charge in [0.2, 0.25) is 5.54 Å². The lowest BCUT2D eigenvalue weighted by molar-refractivity contribution is -0.141. The Morgan fingerprint density at radius 1 is 1.14 bits per heavy atom. The van der Waals surface area contributed by atoms with Crippen LogP contribution in [0.2, 0.25) is 0 Å². The molecule has 3 N–H and O–H groups in total. The van der Waals surface area contributed by atoms with E-state index in [9.17, 15) is 19.8 Å². The van der Waals surface area contributed by atoms with Crippen LogP contribution in [0.15, 0.2) is 75.7 Å². The molecule has 3 aromatic rings. The van der Waals surface area contributed by atoms with Crippen LogP contribution in [0.5, 0.6) is 5.75 Å². The van der Waals surface area contributed by atoms with Gasteiger partial charge in [0.05, 0.1) is 11.4 Å². The highest BCUT2D eigenvalue weighted by Gasteiger charge is 2.39. The van der Waals surface area contributed by atoms with Crippen LogP contribution in [0.1, 0.15) is 48.6 Å². The molecule has 0 saturated carbocycles. The van der Waals surface area contributed by atoms with Crippen molar-refractivity contribution in [2.75, 3.05) is 0 Å². The molecule has 0 spiro atoms. The van der Waals surface area contributed by atoms with Gasteiger partial charge in [-0.1, -0.05) is 50.3 Å². The van der Waals surface area contributed by atoms with Gasteiger partial charge in [-0.25, -0.2) is 9.48 Å². The van der Waals surface area contributed by atoms with E-state index in [4.69, 9.17) is 0 Å². The Hall–Kier alpha value is -4.20. The fourth-order valence-electron chi connectivity index (χ4n) is 4.05. The van der Waals surface area contributed by atoms with Crippen LogP contribution in [0.4, 0.5) is 5.69 Å². The number of allylic oxidation sites excluding steroid dienone is 2. The molecule has 0 saturated heterocycles. The fourth-order valence-corrected chi connectivity index (χ4v) is 4.05. The molecule has 2 aromatic carbocycles. The van der Waals surface area contributed by atoms with Crippen molar-refractivity contribution < 1.29 is 15.0 Å². The predicted molar refractivity (Wildman–Crippen MR) is 135 cm³/mol. The lowest BCUT2D eigenvalue weighted by atomic mass is 9.84. The summed E-state index contributed by atoms with van der Waals surface area (Å²) in [6, 6.07) is 12.4. The van der Waals surface area contributed by atoms with Crippen molar-refractivity contribution in [1.82, 2.24) is 9.78 Å². The van der Waals surface area contributed by atoms with E-state index >= 15 is 0 Å². The van der Waals surface area contributed by atoms with Gasteiger partial charge in [0, 0.05) is 12.0 Å². The summed E-state index contributed by atoms with van der Waals surface area (Å²) >= 11 is 0. The zero-order valence-corrected chi connectivity index (χ0v) is 20.1. The number of aromatic amines is 1. The summed E-state index contributed by atoms with van der Waals surface area (Å²) in [5.74, 6) is -1.23. The summed E-state index contributed by atoms with van der Waals surface area (Å²) in [7, 11) is 0. The zero-order chi connectivity index (χ0) is 25.3. The first-order valence-electron chi connectivity index (χ1n) is 11.4. The lowest BCUT2D eigenvalue weighted by Crippen LogP contribution is -2.35. The van der Waals surface area contributed by atoms with Gasteiger partial charge in [0.1, 0.15) is 5.75 Å². The van der Waals surface area contributed by atoms with E-state index in [0.29, 0.717) is 22.5 Å². The molecule has 0 amide bonds. The molecule has 180 valence electrons. The van der Waals surface area contributed by atoms with Gasteiger partial charge >= 0.3 is 5.97 Å². The van der Waals surface area contributed by atoms with Crippen molar-refractivity contribution in [2.45, 2.75) is 45.6 Å². The maximum Gasteiger partial charge on any atom is 0.337 e. The van der Waals surface area contributed by atoms with Gasteiger partial charge in [-0.05, 0) is 60.7 Å². The number of aromatic hydroxyl groups is 1. The van der Waals surface area contributed by atoms with E-state index in [1.807, 2.05) is 45.9 Å². The second-order valence-corrected chi connectivity index (χ2v) is 9.11. The molecule has 0 aliphatic heterocycles. The highest BCUT2D eigenvalue weighted by molar-refractivity contribution is 5.88. The van der Waals surface area contributed by atoms with Gasteiger partial charge in [-0.3, -0.25) is 9.89 Å². The van der Waals surface area contributed by atoms with Crippen molar-refractivity contribution in [2.24, 2.45) is 10.2 Å². The Kier molecular flexibility index (Phi) is 6.30. The van der Waals surface area contributed by atoms with E-state index < -0.39 is 17.1 Å². The Balaban J connectivity index is 1.77. The normalized spacial score (nSPS) is 17.8. The number of nitrogens with zero attached hydrogens (tertiary/aromatic N) is 3. The first-order chi connectivity index (χ1) is 16.6. The quantitative estimate of drug-likeness (QED) is 0.407. The lowest BCUT2D eigenvalue weighted by Gasteiger charge is -2.25. The van der Waals surface area contributed by atoms with Crippen molar-refractivity contribution in [3.63, 3.8) is 0 Å². The number of phenols is 1. The molecule has 1 atom stereocenters. The maximum absolute atomic E-state index is 13.3. The minimum atomic E-state index is -1.71. The minimum absolute atomic E-state index is 0.0211. The number of aryl methyl sites for hydroxylation is 2. The molecule has 1 aliphatic rings. The van der Waals surface area contributed by atoms with Crippen LogP contribution >= 0.6 is 0 Å². The predicted octanol–water partition coefficient (Wildman–Crippen LogP) is 5.56. The third-order valence-corrected chi connectivity index (χ3v) is 6.30. The number of benzene rings is 2. The first-order valence-corrected chi connectivity index (χ1v) is 11.4. The second kappa shape index (κ2) is 9.21. The van der Waals surface area contributed by atoms with Crippen LogP contribution in [-0.2, 0) is 4.79 Å². The highest BCUT2D eigenvalue weighted by atomic mass is 16.4. The number of H-pyrrole nitrogens is 1. The average molecular weight is 473 g/mol. The number of carbonyl (C=O) groups is 1. The number of para-hydroxylation sites is 1. The molecule has 35 heavy (non-hydrogen) atoms. The van der Waals surface area contributed by atoms with E-state index in [0.717, 1.165) is 11.1 Å². The monoisotopic (exact) mass is 472 g/mol. The van der Waals surface area contributed by atoms with Gasteiger partial charge < -0.3 is 10.2 Å². The molecular weight excluding hydrogens is 444 g/mol. The van der Waals surface area contributed by atoms with E-state index in [-0.39, 0.29) is 23.8 Å². The van der Waals surface area contributed by atoms with E-state index in [2.05, 4.69) is 15.3 Å². The maximum atomic E-state index is 13.3. The zero-order valence-electron chi connectivity index (χ0n) is 20.1. The standard InChI is InChI=1S/C27H28N4O4/c1-16(2)23-24(25(33)31(29-23)20-12-11-17(3)18(4)14-20)28-30-27(26(34)35)13-7-8-19(15-27)21-9-5-6-10-22(21)32/h5-14,16,29,32H,15H2,1-4H3,(H,34,35). The Morgan fingerprint density at radius 3 is 2.54 bits per heavy atom. The van der Waals surface area contributed by atoms with Crippen LogP contribution in [0.3, 0.4) is 0 Å². The molecule has 4 rings (SSSR count). The molecule has 1 aromatic heterocycles. The number of nitrogens with one attached hydrogen (secondary N) is 1. The Morgan fingerprint density at radius 2 is 1.89 bits per heavy atom. The first kappa shape index (κ1) is 23.9. The number of hydrogen-bond donors (Lipinski definition) is 3. The molecule has 0 fully saturated rings. The van der Waals surface area contributed by atoms with Crippen LogP contribution in [0.25, 0.3) is 11.3 Å². The summed E-state index contributed by atoms with van der Waals surface area (Å²) in [5, 5.41) is 31.9. The second-order valence-electron chi connectivity index (χ2n) is 9.11. The van der Waals surface area contributed by atoms with Crippen molar-refractivity contribution in [3.8, 4) is 11.4 Å². The van der Waals surface area contributed by atoms with Gasteiger partial charge in [0.25, 0.3) is 5.56 Å². The average Bonchev–Trinajstić information content (AvgIpc) is 3.16. The van der Waals surface area contributed by atoms with Crippen LogP contribution in [0, 0.1) is 13.8 Å². The summed E-state index contributed by atoms with van der Waals surface area (Å²) < 4.78 is 1.41. The van der Waals surface area contributed by atoms with Crippen molar-refractivity contribution >= 4 is 17.2 Å². The smallest absolute Gasteiger partial charge is 0.337 e. The van der Waals surface area contributed by atoms with Crippen molar-refractivity contribution in [3.05, 3.63) is 93.4 Å². The number of carboxylic acids is 1. The van der Waals surface area contributed by atoms with E-state index in [1.54, 1.807) is 36.4 Å². The Bertz CT molecular complexity index is 1440. The highest BCUT2D eigenvalue weighted by Crippen LogP contribution is 2.37. The number of hydrogen-bond acceptors (Lipinski definition) is 5. The van der Waals surface area contributed by atoms with Crippen molar-refractivity contribution in [1.29, 1.82) is 0 Å². The summed E-state index contributed by atoms with van der Waals surface area (Å²) in [4.78, 5) is 25.7. The number of phenolic OH excluding ortho intramolecular Hbond substituents is 1. The minimum Gasteiger partial charge on any atom is -0.507 e.